The summed E-state index contributed by atoms with van der Waals surface area (Å²) in [5.41, 5.74) is 0.771. The van der Waals surface area contributed by atoms with E-state index in [4.69, 9.17) is 11.6 Å². The minimum absolute atomic E-state index is 0.0360. The van der Waals surface area contributed by atoms with Crippen LogP contribution < -0.4 is 5.56 Å². The molecular weight excluding hydrogens is 272 g/mol. The van der Waals surface area contributed by atoms with Gasteiger partial charge in [0.15, 0.2) is 0 Å². The maximum atomic E-state index is 12.6. The van der Waals surface area contributed by atoms with Gasteiger partial charge in [-0.25, -0.2) is 4.98 Å². The average molecular weight is 291 g/mol. The van der Waals surface area contributed by atoms with Crippen LogP contribution in [0.15, 0.2) is 29.1 Å². The molecule has 0 radical (unpaired) electrons. The molecule has 20 heavy (non-hydrogen) atoms. The number of hydrogen-bond donors (Lipinski definition) is 0. The maximum absolute atomic E-state index is 12.6. The van der Waals surface area contributed by atoms with Crippen molar-refractivity contribution < 1.29 is 0 Å². The Bertz CT molecular complexity index is 674. The molecule has 1 heterocycles. The molecule has 0 aliphatic heterocycles. The molecule has 1 unspecified atom stereocenters. The Labute approximate surface area is 123 Å². The second-order valence-corrected chi connectivity index (χ2v) is 6.30. The molecule has 0 saturated heterocycles. The number of aromatic nitrogens is 2. The van der Waals surface area contributed by atoms with E-state index in [-0.39, 0.29) is 10.9 Å². The summed E-state index contributed by atoms with van der Waals surface area (Å²) in [6, 6.07) is 7.48. The van der Waals surface area contributed by atoms with Gasteiger partial charge in [-0.05, 0) is 37.8 Å². The van der Waals surface area contributed by atoms with Crippen molar-refractivity contribution in [2.75, 3.05) is 0 Å². The van der Waals surface area contributed by atoms with Crippen molar-refractivity contribution >= 4 is 22.5 Å². The lowest BCUT2D eigenvalue weighted by atomic mass is 10.2. The topological polar surface area (TPSA) is 34.9 Å². The van der Waals surface area contributed by atoms with Crippen molar-refractivity contribution in [3.63, 3.8) is 0 Å². The van der Waals surface area contributed by atoms with E-state index in [1.54, 1.807) is 4.57 Å². The average Bonchev–Trinajstić information content (AvgIpc) is 3.25. The number of rotatable bonds is 5. The summed E-state index contributed by atoms with van der Waals surface area (Å²) < 4.78 is 1.77. The highest BCUT2D eigenvalue weighted by Gasteiger charge is 2.21. The highest BCUT2D eigenvalue weighted by atomic mass is 35.5. The third kappa shape index (κ3) is 2.73. The Balaban J connectivity index is 1.99. The summed E-state index contributed by atoms with van der Waals surface area (Å²) in [6.07, 6.45) is 4.93. The van der Waals surface area contributed by atoms with Crippen LogP contribution in [0.2, 0.25) is 0 Å². The van der Waals surface area contributed by atoms with Crippen molar-refractivity contribution in [2.24, 2.45) is 5.92 Å². The fourth-order valence-electron chi connectivity index (χ4n) is 2.65. The van der Waals surface area contributed by atoms with E-state index in [1.165, 1.54) is 19.3 Å². The monoisotopic (exact) mass is 290 g/mol. The highest BCUT2D eigenvalue weighted by molar-refractivity contribution is 6.20. The Kier molecular flexibility index (Phi) is 3.79. The lowest BCUT2D eigenvalue weighted by Gasteiger charge is -2.14. The molecular formula is C16H19ClN2O. The van der Waals surface area contributed by atoms with Gasteiger partial charge in [0.05, 0.1) is 16.3 Å². The Morgan fingerprint density at radius 1 is 1.40 bits per heavy atom. The molecule has 1 saturated carbocycles. The zero-order valence-electron chi connectivity index (χ0n) is 11.7. The molecule has 1 aromatic carbocycles. The molecule has 0 bridgehead atoms. The van der Waals surface area contributed by atoms with Crippen molar-refractivity contribution in [1.29, 1.82) is 0 Å². The fraction of sp³-hybridized carbons (Fsp3) is 0.500. The number of fused-ring (bicyclic) bond motifs is 1. The highest BCUT2D eigenvalue weighted by Crippen LogP contribution is 2.33. The van der Waals surface area contributed by atoms with Gasteiger partial charge in [0, 0.05) is 6.54 Å². The van der Waals surface area contributed by atoms with Crippen LogP contribution in [0.5, 0.6) is 0 Å². The van der Waals surface area contributed by atoms with Gasteiger partial charge in [-0.3, -0.25) is 9.36 Å². The van der Waals surface area contributed by atoms with E-state index in [0.717, 1.165) is 24.4 Å². The number of para-hydroxylation sites is 1. The lowest BCUT2D eigenvalue weighted by molar-refractivity contribution is 0.541. The van der Waals surface area contributed by atoms with Crippen LogP contribution in [0.4, 0.5) is 0 Å². The van der Waals surface area contributed by atoms with Gasteiger partial charge >= 0.3 is 0 Å². The van der Waals surface area contributed by atoms with Gasteiger partial charge in [0.25, 0.3) is 5.56 Å². The Hall–Kier alpha value is -1.35. The minimum atomic E-state index is -0.256. The molecule has 1 fully saturated rings. The van der Waals surface area contributed by atoms with Crippen LogP contribution in [-0.4, -0.2) is 9.55 Å². The van der Waals surface area contributed by atoms with Gasteiger partial charge in [0.1, 0.15) is 5.82 Å². The van der Waals surface area contributed by atoms with Crippen molar-refractivity contribution in [3.8, 4) is 0 Å². The molecule has 3 nitrogen and oxygen atoms in total. The number of halogens is 1. The van der Waals surface area contributed by atoms with Gasteiger partial charge in [-0.2, -0.15) is 0 Å². The first-order chi connectivity index (χ1) is 9.66. The summed E-state index contributed by atoms with van der Waals surface area (Å²) >= 11 is 6.21. The molecule has 106 valence electrons. The molecule has 0 spiro atoms. The Morgan fingerprint density at radius 2 is 2.15 bits per heavy atom. The van der Waals surface area contributed by atoms with E-state index in [1.807, 2.05) is 31.2 Å². The van der Waals surface area contributed by atoms with Gasteiger partial charge < -0.3 is 0 Å². The second kappa shape index (κ2) is 5.57. The van der Waals surface area contributed by atoms with Crippen molar-refractivity contribution in [3.05, 3.63) is 40.4 Å². The van der Waals surface area contributed by atoms with E-state index in [9.17, 15) is 4.79 Å². The fourth-order valence-corrected chi connectivity index (χ4v) is 2.82. The summed E-state index contributed by atoms with van der Waals surface area (Å²) in [6.45, 7) is 2.59. The molecule has 0 N–H and O–H groups in total. The predicted molar refractivity (Wildman–Crippen MR) is 82.2 cm³/mol. The minimum Gasteiger partial charge on any atom is -0.295 e. The SMILES string of the molecule is CC(Cl)c1nc2ccccc2c(=O)n1CCCC1CC1. The van der Waals surface area contributed by atoms with Crippen LogP contribution in [0.3, 0.4) is 0 Å². The van der Waals surface area contributed by atoms with Gasteiger partial charge in [0.2, 0.25) is 0 Å². The molecule has 1 aliphatic rings. The van der Waals surface area contributed by atoms with E-state index < -0.39 is 0 Å². The third-order valence-corrected chi connectivity index (χ3v) is 4.13. The first kappa shape index (κ1) is 13.6. The van der Waals surface area contributed by atoms with E-state index >= 15 is 0 Å². The first-order valence-corrected chi connectivity index (χ1v) is 7.74. The zero-order chi connectivity index (χ0) is 14.1. The molecule has 1 aliphatic carbocycles. The second-order valence-electron chi connectivity index (χ2n) is 5.65. The Morgan fingerprint density at radius 3 is 2.85 bits per heavy atom. The number of nitrogens with zero attached hydrogens (tertiary/aromatic N) is 2. The quantitative estimate of drug-likeness (QED) is 0.783. The van der Waals surface area contributed by atoms with Crippen LogP contribution in [0, 0.1) is 5.92 Å². The normalized spacial score (nSPS) is 16.5. The van der Waals surface area contributed by atoms with Crippen molar-refractivity contribution in [2.45, 2.75) is 44.5 Å². The maximum Gasteiger partial charge on any atom is 0.261 e. The molecule has 2 aromatic rings. The molecule has 4 heteroatoms. The summed E-state index contributed by atoms with van der Waals surface area (Å²) in [7, 11) is 0. The van der Waals surface area contributed by atoms with Gasteiger partial charge in [-0.1, -0.05) is 25.0 Å². The largest absolute Gasteiger partial charge is 0.295 e. The molecule has 1 atom stereocenters. The van der Waals surface area contributed by atoms with Crippen LogP contribution in [0.25, 0.3) is 10.9 Å². The standard InChI is InChI=1S/C16H19ClN2O/c1-11(17)15-18-14-7-3-2-6-13(14)16(20)19(15)10-4-5-12-8-9-12/h2-3,6-7,11-12H,4-5,8-10H2,1H3. The van der Waals surface area contributed by atoms with Gasteiger partial charge in [-0.15, -0.1) is 11.6 Å². The van der Waals surface area contributed by atoms with E-state index in [0.29, 0.717) is 11.2 Å². The smallest absolute Gasteiger partial charge is 0.261 e. The predicted octanol–water partition coefficient (Wildman–Crippen LogP) is 3.89. The molecule has 3 rings (SSSR count). The molecule has 1 aromatic heterocycles. The summed E-state index contributed by atoms with van der Waals surface area (Å²) in [5, 5.41) is 0.424. The van der Waals surface area contributed by atoms with E-state index in [2.05, 4.69) is 4.98 Å². The zero-order valence-corrected chi connectivity index (χ0v) is 12.4. The van der Waals surface area contributed by atoms with Crippen molar-refractivity contribution in [1.82, 2.24) is 9.55 Å². The van der Waals surface area contributed by atoms with Crippen LogP contribution in [0.1, 0.15) is 43.8 Å². The first-order valence-electron chi connectivity index (χ1n) is 7.30. The van der Waals surface area contributed by atoms with Crippen LogP contribution >= 0.6 is 11.6 Å². The number of hydrogen-bond acceptors (Lipinski definition) is 2. The number of alkyl halides is 1. The third-order valence-electron chi connectivity index (χ3n) is 3.94. The number of benzene rings is 1. The lowest BCUT2D eigenvalue weighted by Crippen LogP contribution is -2.26. The summed E-state index contributed by atoms with van der Waals surface area (Å²) in [5.74, 6) is 1.57. The summed E-state index contributed by atoms with van der Waals surface area (Å²) in [4.78, 5) is 17.2. The molecule has 0 amide bonds. The van der Waals surface area contributed by atoms with Crippen LogP contribution in [-0.2, 0) is 6.54 Å².